The van der Waals surface area contributed by atoms with Crippen LogP contribution in [0.25, 0.3) is 11.0 Å². The Morgan fingerprint density at radius 3 is 1.58 bits per heavy atom. The molecule has 5 nitrogen and oxygen atoms in total. The first-order chi connectivity index (χ1) is 18.8. The Balaban J connectivity index is 1.68. The van der Waals surface area contributed by atoms with E-state index in [-0.39, 0.29) is 6.03 Å². The van der Waals surface area contributed by atoms with E-state index in [0.29, 0.717) is 22.7 Å². The van der Waals surface area contributed by atoms with Crippen molar-refractivity contribution in [1.29, 1.82) is 0 Å². The fourth-order valence-electron chi connectivity index (χ4n) is 4.67. The molecule has 0 saturated carbocycles. The van der Waals surface area contributed by atoms with Gasteiger partial charge in [-0.25, -0.2) is 19.1 Å². The van der Waals surface area contributed by atoms with E-state index < -0.39 is 7.05 Å². The van der Waals surface area contributed by atoms with E-state index >= 15 is 0 Å². The normalized spacial score (nSPS) is 11.3. The van der Waals surface area contributed by atoms with Crippen LogP contribution in [0, 0.1) is 0 Å². The number of carbonyl (C=O) groups excluding carboxylic acids is 1. The lowest BCUT2D eigenvalue weighted by molar-refractivity contribution is 0.254. The number of para-hydroxylation sites is 3. The fraction of sp³-hybridized carbons (Fsp3) is 0. The summed E-state index contributed by atoms with van der Waals surface area (Å²) in [5, 5.41) is 6.27. The molecule has 1 amide bonds. The number of benzene rings is 5. The number of anilines is 1. The van der Waals surface area contributed by atoms with Crippen LogP contribution in [-0.4, -0.2) is 15.6 Å². The van der Waals surface area contributed by atoms with E-state index in [0.717, 1.165) is 15.9 Å². The monoisotopic (exact) mass is 512 g/mol. The van der Waals surface area contributed by atoms with Crippen LogP contribution in [0.15, 0.2) is 150 Å². The molecule has 0 radical (unpaired) electrons. The summed E-state index contributed by atoms with van der Waals surface area (Å²) in [5.41, 5.74) is 2.12. The van der Waals surface area contributed by atoms with Crippen LogP contribution in [0.2, 0.25) is 0 Å². The molecule has 6 rings (SSSR count). The Bertz CT molecular complexity index is 1650. The van der Waals surface area contributed by atoms with Gasteiger partial charge in [-0.1, -0.05) is 121 Å². The molecule has 0 aliphatic rings. The van der Waals surface area contributed by atoms with Crippen LogP contribution in [0.5, 0.6) is 0 Å². The highest BCUT2D eigenvalue weighted by Crippen LogP contribution is 2.49. The summed E-state index contributed by atoms with van der Waals surface area (Å²) in [7, 11) is -2.62. The lowest BCUT2D eigenvalue weighted by Gasteiger charge is -2.26. The smallest absolute Gasteiger partial charge is 0.307 e. The van der Waals surface area contributed by atoms with Gasteiger partial charge in [-0.2, -0.15) is 0 Å². The van der Waals surface area contributed by atoms with Crippen molar-refractivity contribution in [2.45, 2.75) is 0 Å². The SMILES string of the molecule is O=C(Nc1ccccc1)n1c(N=P(c2ccccc2)(c2ccccc2)c2ccccc2)nc2ccccc21. The second kappa shape index (κ2) is 10.3. The Kier molecular flexibility index (Phi) is 6.43. The van der Waals surface area contributed by atoms with Gasteiger partial charge in [0.2, 0.25) is 5.95 Å². The molecule has 6 heteroatoms. The van der Waals surface area contributed by atoms with Crippen molar-refractivity contribution < 1.29 is 4.79 Å². The summed E-state index contributed by atoms with van der Waals surface area (Å²) in [6.07, 6.45) is 0. The maximum atomic E-state index is 13.8. The molecule has 6 aromatic rings. The van der Waals surface area contributed by atoms with Crippen molar-refractivity contribution in [2.24, 2.45) is 4.74 Å². The zero-order valence-corrected chi connectivity index (χ0v) is 21.4. The lowest BCUT2D eigenvalue weighted by atomic mass is 10.3. The van der Waals surface area contributed by atoms with Crippen molar-refractivity contribution >= 4 is 51.7 Å². The Labute approximate surface area is 221 Å². The number of amides is 1. The fourth-order valence-corrected chi connectivity index (χ4v) is 8.12. The van der Waals surface area contributed by atoms with Gasteiger partial charge in [0.1, 0.15) is 0 Å². The number of aromatic nitrogens is 2. The van der Waals surface area contributed by atoms with Gasteiger partial charge in [-0.05, 0) is 24.3 Å². The second-order valence-electron chi connectivity index (χ2n) is 8.77. The summed E-state index contributed by atoms with van der Waals surface area (Å²) in [5.74, 6) is 0.365. The molecule has 1 N–H and O–H groups in total. The number of fused-ring (bicyclic) bond motifs is 1. The first kappa shape index (κ1) is 23.7. The topological polar surface area (TPSA) is 59.3 Å². The number of hydrogen-bond donors (Lipinski definition) is 1. The maximum Gasteiger partial charge on any atom is 0.333 e. The molecular formula is C32H25N4OP. The van der Waals surface area contributed by atoms with Crippen molar-refractivity contribution in [1.82, 2.24) is 9.55 Å². The minimum Gasteiger partial charge on any atom is -0.307 e. The minimum absolute atomic E-state index is 0.309. The van der Waals surface area contributed by atoms with Gasteiger partial charge in [0.15, 0.2) is 0 Å². The largest absolute Gasteiger partial charge is 0.333 e. The number of nitrogens with zero attached hydrogens (tertiary/aromatic N) is 3. The highest BCUT2D eigenvalue weighted by atomic mass is 31.2. The van der Waals surface area contributed by atoms with Crippen molar-refractivity contribution in [3.05, 3.63) is 146 Å². The minimum atomic E-state index is -2.62. The molecule has 1 aromatic heterocycles. The predicted octanol–water partition coefficient (Wildman–Crippen LogP) is 6.93. The van der Waals surface area contributed by atoms with Crippen LogP contribution in [-0.2, 0) is 0 Å². The summed E-state index contributed by atoms with van der Waals surface area (Å²) < 4.78 is 7.09. The number of hydrogen-bond acceptors (Lipinski definition) is 3. The molecule has 0 unspecified atom stereocenters. The van der Waals surface area contributed by atoms with Gasteiger partial charge in [0, 0.05) is 21.6 Å². The molecule has 0 saturated heterocycles. The third kappa shape index (κ3) is 4.34. The molecule has 1 heterocycles. The Hall–Kier alpha value is -4.73. The standard InChI is InChI=1S/C32H25N4OP/c37-32(33-25-15-5-1-6-16-25)36-30-24-14-13-23-29(30)34-31(36)35-38(26-17-7-2-8-18-26,27-19-9-3-10-20-27)28-21-11-4-12-22-28/h1-24H,(H,33,37). The predicted molar refractivity (Wildman–Crippen MR) is 158 cm³/mol. The molecule has 0 spiro atoms. The second-order valence-corrected chi connectivity index (χ2v) is 11.8. The average molecular weight is 513 g/mol. The molecule has 5 aromatic carbocycles. The van der Waals surface area contributed by atoms with Crippen molar-refractivity contribution in [3.8, 4) is 0 Å². The summed E-state index contributed by atoms with van der Waals surface area (Å²) >= 11 is 0. The van der Waals surface area contributed by atoms with Crippen LogP contribution in [0.4, 0.5) is 16.4 Å². The number of nitrogens with one attached hydrogen (secondary N) is 1. The molecular weight excluding hydrogens is 487 g/mol. The quantitative estimate of drug-likeness (QED) is 0.255. The van der Waals surface area contributed by atoms with Gasteiger partial charge in [0.05, 0.1) is 18.1 Å². The van der Waals surface area contributed by atoms with E-state index in [2.05, 4.69) is 41.7 Å². The van der Waals surface area contributed by atoms with Crippen LogP contribution < -0.4 is 21.2 Å². The summed E-state index contributed by atoms with van der Waals surface area (Å²) in [6, 6.07) is 47.7. The van der Waals surface area contributed by atoms with Crippen molar-refractivity contribution in [2.75, 3.05) is 5.32 Å². The van der Waals surface area contributed by atoms with Gasteiger partial charge in [-0.3, -0.25) is 0 Å². The Morgan fingerprint density at radius 1 is 0.605 bits per heavy atom. The lowest BCUT2D eigenvalue weighted by Crippen LogP contribution is -2.25. The first-order valence-corrected chi connectivity index (χ1v) is 14.1. The molecule has 184 valence electrons. The first-order valence-electron chi connectivity index (χ1n) is 12.4. The number of imidazole rings is 1. The summed E-state index contributed by atoms with van der Waals surface area (Å²) in [4.78, 5) is 18.7. The number of carbonyl (C=O) groups is 1. The van der Waals surface area contributed by atoms with E-state index in [9.17, 15) is 4.79 Å². The molecule has 38 heavy (non-hydrogen) atoms. The van der Waals surface area contributed by atoms with E-state index in [4.69, 9.17) is 9.73 Å². The van der Waals surface area contributed by atoms with Gasteiger partial charge in [0.25, 0.3) is 0 Å². The average Bonchev–Trinajstić information content (AvgIpc) is 3.36. The molecule has 0 bridgehead atoms. The van der Waals surface area contributed by atoms with Crippen molar-refractivity contribution in [3.63, 3.8) is 0 Å². The summed E-state index contributed by atoms with van der Waals surface area (Å²) in [6.45, 7) is 0. The molecule has 0 aliphatic carbocycles. The zero-order valence-electron chi connectivity index (χ0n) is 20.6. The molecule has 0 aliphatic heterocycles. The highest BCUT2D eigenvalue weighted by molar-refractivity contribution is 7.87. The van der Waals surface area contributed by atoms with Gasteiger partial charge < -0.3 is 5.32 Å². The van der Waals surface area contributed by atoms with Gasteiger partial charge in [-0.15, -0.1) is 0 Å². The third-order valence-electron chi connectivity index (χ3n) is 6.40. The zero-order chi connectivity index (χ0) is 25.8. The highest BCUT2D eigenvalue weighted by Gasteiger charge is 2.29. The van der Waals surface area contributed by atoms with E-state index in [1.165, 1.54) is 0 Å². The van der Waals surface area contributed by atoms with E-state index in [1.54, 1.807) is 4.57 Å². The van der Waals surface area contributed by atoms with Crippen LogP contribution in [0.3, 0.4) is 0 Å². The molecule has 0 atom stereocenters. The van der Waals surface area contributed by atoms with Crippen LogP contribution >= 0.6 is 7.05 Å². The maximum absolute atomic E-state index is 13.8. The van der Waals surface area contributed by atoms with Gasteiger partial charge >= 0.3 is 6.03 Å². The number of rotatable bonds is 5. The molecule has 0 fully saturated rings. The Morgan fingerprint density at radius 2 is 1.05 bits per heavy atom. The van der Waals surface area contributed by atoms with E-state index in [1.807, 2.05) is 109 Å². The van der Waals surface area contributed by atoms with Crippen LogP contribution in [0.1, 0.15) is 0 Å². The third-order valence-corrected chi connectivity index (χ3v) is 10.0.